The topological polar surface area (TPSA) is 35.2 Å². The van der Waals surface area contributed by atoms with Gasteiger partial charge in [-0.25, -0.2) is 4.39 Å². The third kappa shape index (κ3) is 3.20. The zero-order chi connectivity index (χ0) is 12.3. The Morgan fingerprint density at radius 1 is 1.18 bits per heavy atom. The van der Waals surface area contributed by atoms with E-state index in [4.69, 9.17) is 10.5 Å². The Morgan fingerprint density at radius 2 is 2.00 bits per heavy atom. The van der Waals surface area contributed by atoms with Crippen molar-refractivity contribution in [1.82, 2.24) is 0 Å². The molecule has 2 N–H and O–H groups in total. The molecule has 0 saturated heterocycles. The summed E-state index contributed by atoms with van der Waals surface area (Å²) in [7, 11) is 0. The molecule has 0 heterocycles. The average Bonchev–Trinajstić information content (AvgIpc) is 2.31. The van der Waals surface area contributed by atoms with Gasteiger partial charge in [0, 0.05) is 5.69 Å². The van der Waals surface area contributed by atoms with Gasteiger partial charge >= 0.3 is 0 Å². The lowest BCUT2D eigenvalue weighted by molar-refractivity contribution is 0.305. The van der Waals surface area contributed by atoms with E-state index in [0.29, 0.717) is 22.5 Å². The van der Waals surface area contributed by atoms with E-state index in [1.54, 1.807) is 12.1 Å². The van der Waals surface area contributed by atoms with Gasteiger partial charge in [0.05, 0.1) is 4.47 Å². The molecule has 0 unspecified atom stereocenters. The second-order valence-corrected chi connectivity index (χ2v) is 4.46. The van der Waals surface area contributed by atoms with E-state index in [1.807, 2.05) is 24.3 Å². The molecule has 0 aromatic heterocycles. The number of hydrogen-bond acceptors (Lipinski definition) is 2. The molecule has 2 rings (SSSR count). The van der Waals surface area contributed by atoms with Gasteiger partial charge < -0.3 is 10.5 Å². The summed E-state index contributed by atoms with van der Waals surface area (Å²) in [5.74, 6) is 0.307. The minimum absolute atomic E-state index is 0.304. The first-order chi connectivity index (χ1) is 8.15. The predicted octanol–water partition coefficient (Wildman–Crippen LogP) is 3.75. The summed E-state index contributed by atoms with van der Waals surface area (Å²) >= 11 is 3.11. The molecule has 0 amide bonds. The lowest BCUT2D eigenvalue weighted by Crippen LogP contribution is -1.96. The second kappa shape index (κ2) is 5.19. The molecule has 88 valence electrons. The number of rotatable bonds is 3. The first kappa shape index (κ1) is 11.9. The largest absolute Gasteiger partial charge is 0.489 e. The van der Waals surface area contributed by atoms with E-state index in [2.05, 4.69) is 15.9 Å². The lowest BCUT2D eigenvalue weighted by atomic mass is 10.2. The van der Waals surface area contributed by atoms with Gasteiger partial charge in [0.15, 0.2) is 0 Å². The molecule has 2 nitrogen and oxygen atoms in total. The number of nitrogens with two attached hydrogens (primary N) is 1. The fraction of sp³-hybridized carbons (Fsp3) is 0.0769. The second-order valence-electron chi connectivity index (χ2n) is 3.61. The van der Waals surface area contributed by atoms with Gasteiger partial charge in [-0.05, 0) is 51.8 Å². The molecule has 2 aromatic rings. The zero-order valence-corrected chi connectivity index (χ0v) is 10.6. The van der Waals surface area contributed by atoms with Crippen molar-refractivity contribution in [3.8, 4) is 5.75 Å². The molecule has 0 spiro atoms. The van der Waals surface area contributed by atoms with Crippen molar-refractivity contribution >= 4 is 21.6 Å². The van der Waals surface area contributed by atoms with Gasteiger partial charge in [-0.2, -0.15) is 0 Å². The summed E-state index contributed by atoms with van der Waals surface area (Å²) in [6, 6.07) is 12.0. The Balaban J connectivity index is 2.05. The SMILES string of the molecule is Nc1cccc(COc2ccc(F)c(Br)c2)c1. The normalized spacial score (nSPS) is 10.2. The highest BCUT2D eigenvalue weighted by molar-refractivity contribution is 9.10. The zero-order valence-electron chi connectivity index (χ0n) is 8.99. The molecular formula is C13H11BrFNO. The minimum atomic E-state index is -0.304. The average molecular weight is 296 g/mol. The third-order valence-corrected chi connectivity index (χ3v) is 2.86. The lowest BCUT2D eigenvalue weighted by Gasteiger charge is -2.07. The van der Waals surface area contributed by atoms with E-state index in [1.165, 1.54) is 6.07 Å². The Morgan fingerprint density at radius 3 is 2.71 bits per heavy atom. The quantitative estimate of drug-likeness (QED) is 0.875. The van der Waals surface area contributed by atoms with Crippen molar-refractivity contribution in [2.45, 2.75) is 6.61 Å². The molecule has 0 saturated carbocycles. The van der Waals surface area contributed by atoms with Gasteiger partial charge in [-0.15, -0.1) is 0 Å². The van der Waals surface area contributed by atoms with Crippen LogP contribution in [0, 0.1) is 5.82 Å². The summed E-state index contributed by atoms with van der Waals surface area (Å²) in [6.07, 6.45) is 0. The van der Waals surface area contributed by atoms with Crippen molar-refractivity contribution in [2.24, 2.45) is 0 Å². The van der Waals surface area contributed by atoms with Crippen LogP contribution >= 0.6 is 15.9 Å². The maximum Gasteiger partial charge on any atom is 0.137 e. The number of benzene rings is 2. The summed E-state index contributed by atoms with van der Waals surface area (Å²) in [4.78, 5) is 0. The summed E-state index contributed by atoms with van der Waals surface area (Å²) < 4.78 is 18.9. The van der Waals surface area contributed by atoms with Crippen molar-refractivity contribution in [2.75, 3.05) is 5.73 Å². The Bertz CT molecular complexity index is 531. The molecule has 17 heavy (non-hydrogen) atoms. The van der Waals surface area contributed by atoms with Crippen LogP contribution in [0.2, 0.25) is 0 Å². The number of nitrogen functional groups attached to an aromatic ring is 1. The van der Waals surface area contributed by atoms with E-state index < -0.39 is 0 Å². The number of ether oxygens (including phenoxy) is 1. The van der Waals surface area contributed by atoms with Crippen LogP contribution in [0.15, 0.2) is 46.9 Å². The third-order valence-electron chi connectivity index (χ3n) is 2.25. The van der Waals surface area contributed by atoms with Crippen molar-refractivity contribution in [3.63, 3.8) is 0 Å². The molecule has 0 aliphatic carbocycles. The maximum atomic E-state index is 13.0. The van der Waals surface area contributed by atoms with Crippen LogP contribution in [0.3, 0.4) is 0 Å². The highest BCUT2D eigenvalue weighted by Gasteiger charge is 2.01. The van der Waals surface area contributed by atoms with Gasteiger partial charge in [0.25, 0.3) is 0 Å². The molecule has 0 atom stereocenters. The Kier molecular flexibility index (Phi) is 3.64. The molecule has 0 aliphatic heterocycles. The van der Waals surface area contributed by atoms with Crippen molar-refractivity contribution in [3.05, 3.63) is 58.3 Å². The highest BCUT2D eigenvalue weighted by atomic mass is 79.9. The highest BCUT2D eigenvalue weighted by Crippen LogP contribution is 2.22. The molecule has 4 heteroatoms. The number of halogens is 2. The van der Waals surface area contributed by atoms with Crippen LogP contribution < -0.4 is 10.5 Å². The summed E-state index contributed by atoms with van der Waals surface area (Å²) in [5, 5.41) is 0. The van der Waals surface area contributed by atoms with Crippen LogP contribution in [0.1, 0.15) is 5.56 Å². The molecule has 0 fully saturated rings. The van der Waals surface area contributed by atoms with Crippen molar-refractivity contribution < 1.29 is 9.13 Å². The maximum absolute atomic E-state index is 13.0. The van der Waals surface area contributed by atoms with E-state index >= 15 is 0 Å². The summed E-state index contributed by atoms with van der Waals surface area (Å²) in [5.41, 5.74) is 7.34. The van der Waals surface area contributed by atoms with Gasteiger partial charge in [-0.3, -0.25) is 0 Å². The minimum Gasteiger partial charge on any atom is -0.489 e. The first-order valence-electron chi connectivity index (χ1n) is 5.07. The summed E-state index contributed by atoms with van der Waals surface area (Å²) in [6.45, 7) is 0.406. The first-order valence-corrected chi connectivity index (χ1v) is 5.87. The number of anilines is 1. The Labute approximate surface area is 107 Å². The van der Waals surface area contributed by atoms with E-state index in [-0.39, 0.29) is 5.82 Å². The fourth-order valence-electron chi connectivity index (χ4n) is 1.42. The molecule has 0 radical (unpaired) electrons. The van der Waals surface area contributed by atoms with Gasteiger partial charge in [-0.1, -0.05) is 12.1 Å². The predicted molar refractivity (Wildman–Crippen MR) is 69.3 cm³/mol. The van der Waals surface area contributed by atoms with Crippen LogP contribution in [0.5, 0.6) is 5.75 Å². The molecular weight excluding hydrogens is 285 g/mol. The monoisotopic (exact) mass is 295 g/mol. The van der Waals surface area contributed by atoms with Crippen LogP contribution in [0.25, 0.3) is 0 Å². The van der Waals surface area contributed by atoms with Gasteiger partial charge in [0.1, 0.15) is 18.2 Å². The molecule has 2 aromatic carbocycles. The standard InChI is InChI=1S/C13H11BrFNO/c14-12-7-11(4-5-13(12)15)17-8-9-2-1-3-10(16)6-9/h1-7H,8,16H2. The van der Waals surface area contributed by atoms with Crippen LogP contribution in [-0.2, 0) is 6.61 Å². The van der Waals surface area contributed by atoms with Crippen LogP contribution in [-0.4, -0.2) is 0 Å². The molecule has 0 aliphatic rings. The molecule has 0 bridgehead atoms. The van der Waals surface area contributed by atoms with Gasteiger partial charge in [0.2, 0.25) is 0 Å². The van der Waals surface area contributed by atoms with E-state index in [0.717, 1.165) is 5.56 Å². The van der Waals surface area contributed by atoms with Crippen LogP contribution in [0.4, 0.5) is 10.1 Å². The fourth-order valence-corrected chi connectivity index (χ4v) is 1.77. The Hall–Kier alpha value is -1.55. The van der Waals surface area contributed by atoms with Crippen molar-refractivity contribution in [1.29, 1.82) is 0 Å². The smallest absolute Gasteiger partial charge is 0.137 e. The number of hydrogen-bond donors (Lipinski definition) is 1. The van der Waals surface area contributed by atoms with E-state index in [9.17, 15) is 4.39 Å².